The Morgan fingerprint density at radius 2 is 2.12 bits per heavy atom. The third kappa shape index (κ3) is 3.67. The Hall–Kier alpha value is -1.14. The Labute approximate surface area is 100 Å². The molecule has 1 heterocycles. The normalized spacial score (nSPS) is 25.4. The van der Waals surface area contributed by atoms with Crippen LogP contribution in [0.3, 0.4) is 0 Å². The molecule has 0 bridgehead atoms. The first-order valence-electron chi connectivity index (χ1n) is 6.16. The van der Waals surface area contributed by atoms with E-state index < -0.39 is 12.0 Å². The molecule has 6 heteroatoms. The molecule has 17 heavy (non-hydrogen) atoms. The van der Waals surface area contributed by atoms with E-state index in [4.69, 9.17) is 0 Å². The lowest BCUT2D eigenvalue weighted by Gasteiger charge is -2.14. The lowest BCUT2D eigenvalue weighted by Crippen LogP contribution is -2.47. The third-order valence-electron chi connectivity index (χ3n) is 3.07. The summed E-state index contributed by atoms with van der Waals surface area (Å²) in [5.74, 6) is -0.534. The van der Waals surface area contributed by atoms with Crippen molar-refractivity contribution in [2.24, 2.45) is 0 Å². The molecule has 1 aliphatic heterocycles. The highest BCUT2D eigenvalue weighted by Gasteiger charge is 2.27. The van der Waals surface area contributed by atoms with Gasteiger partial charge in [-0.3, -0.25) is 9.59 Å². The predicted molar refractivity (Wildman–Crippen MR) is 61.2 cm³/mol. The number of aliphatic hydroxyl groups is 1. The highest BCUT2D eigenvalue weighted by molar-refractivity contribution is 5.84. The van der Waals surface area contributed by atoms with Crippen molar-refractivity contribution in [3.05, 3.63) is 0 Å². The van der Waals surface area contributed by atoms with E-state index in [1.807, 2.05) is 0 Å². The molecule has 2 amide bonds. The molecule has 4 N–H and O–H groups in total. The van der Waals surface area contributed by atoms with Gasteiger partial charge in [-0.2, -0.15) is 0 Å². The van der Waals surface area contributed by atoms with Crippen LogP contribution >= 0.6 is 0 Å². The van der Waals surface area contributed by atoms with Crippen LogP contribution in [-0.2, 0) is 9.59 Å². The highest BCUT2D eigenvalue weighted by Crippen LogP contribution is 2.18. The maximum absolute atomic E-state index is 11.6. The largest absolute Gasteiger partial charge is 0.381 e. The average Bonchev–Trinajstić information content (AvgIpc) is 2.96. The molecule has 6 nitrogen and oxygen atoms in total. The number of carbonyl (C=O) groups is 2. The zero-order valence-electron chi connectivity index (χ0n) is 9.74. The smallest absolute Gasteiger partial charge is 0.250 e. The van der Waals surface area contributed by atoms with Crippen LogP contribution in [0.25, 0.3) is 0 Å². The van der Waals surface area contributed by atoms with Crippen LogP contribution in [0.1, 0.15) is 25.7 Å². The third-order valence-corrected chi connectivity index (χ3v) is 3.07. The van der Waals surface area contributed by atoms with Gasteiger partial charge >= 0.3 is 0 Å². The molecule has 0 aromatic rings. The molecule has 0 spiro atoms. The first-order chi connectivity index (χ1) is 8.16. The average molecular weight is 241 g/mol. The fourth-order valence-corrected chi connectivity index (χ4v) is 1.85. The maximum atomic E-state index is 11.6. The summed E-state index contributed by atoms with van der Waals surface area (Å²) in [5.41, 5.74) is 0. The van der Waals surface area contributed by atoms with Crippen molar-refractivity contribution in [1.29, 1.82) is 0 Å². The summed E-state index contributed by atoms with van der Waals surface area (Å²) in [7, 11) is 0. The van der Waals surface area contributed by atoms with Gasteiger partial charge in [0.15, 0.2) is 0 Å². The molecule has 0 aromatic carbocycles. The standard InChI is InChI=1S/C11H19N3O3/c15-9(11(17)14-7-3-4-7)6-13-10(16)8-2-1-5-12-8/h7-9,12,15H,1-6H2,(H,13,16)(H,14,17). The highest BCUT2D eigenvalue weighted by atomic mass is 16.3. The molecule has 1 saturated heterocycles. The van der Waals surface area contributed by atoms with E-state index in [0.29, 0.717) is 0 Å². The molecular formula is C11H19N3O3. The summed E-state index contributed by atoms with van der Waals surface area (Å²) >= 11 is 0. The molecule has 0 radical (unpaired) electrons. The van der Waals surface area contributed by atoms with Gasteiger partial charge in [0.1, 0.15) is 6.10 Å². The topological polar surface area (TPSA) is 90.5 Å². The summed E-state index contributed by atoms with van der Waals surface area (Å²) in [6.07, 6.45) is 2.62. The van der Waals surface area contributed by atoms with Gasteiger partial charge < -0.3 is 21.1 Å². The number of hydrogen-bond acceptors (Lipinski definition) is 4. The molecule has 2 rings (SSSR count). The number of nitrogens with one attached hydrogen (secondary N) is 3. The van der Waals surface area contributed by atoms with Crippen LogP contribution in [0.4, 0.5) is 0 Å². The predicted octanol–water partition coefficient (Wildman–Crippen LogP) is -1.51. The fraction of sp³-hybridized carbons (Fsp3) is 0.818. The van der Waals surface area contributed by atoms with Crippen molar-refractivity contribution in [3.8, 4) is 0 Å². The zero-order chi connectivity index (χ0) is 12.3. The van der Waals surface area contributed by atoms with E-state index in [1.54, 1.807) is 0 Å². The van der Waals surface area contributed by atoms with Gasteiger partial charge in [0.25, 0.3) is 5.91 Å². The number of rotatable bonds is 5. The van der Waals surface area contributed by atoms with E-state index in [9.17, 15) is 14.7 Å². The van der Waals surface area contributed by atoms with Crippen LogP contribution in [0.15, 0.2) is 0 Å². The van der Waals surface area contributed by atoms with Gasteiger partial charge in [0.2, 0.25) is 5.91 Å². The monoisotopic (exact) mass is 241 g/mol. The first kappa shape index (κ1) is 12.3. The Morgan fingerprint density at radius 1 is 1.35 bits per heavy atom. The molecule has 2 unspecified atom stereocenters. The van der Waals surface area contributed by atoms with Crippen LogP contribution in [-0.4, -0.2) is 48.2 Å². The minimum atomic E-state index is -1.15. The van der Waals surface area contributed by atoms with E-state index in [1.165, 1.54) is 0 Å². The summed E-state index contributed by atoms with van der Waals surface area (Å²) in [6.45, 7) is 0.832. The molecule has 2 aliphatic rings. The van der Waals surface area contributed by atoms with Crippen molar-refractivity contribution in [2.75, 3.05) is 13.1 Å². The number of amides is 2. The van der Waals surface area contributed by atoms with E-state index in [0.717, 1.165) is 32.2 Å². The number of aliphatic hydroxyl groups excluding tert-OH is 1. The van der Waals surface area contributed by atoms with Gasteiger partial charge in [0, 0.05) is 6.04 Å². The van der Waals surface area contributed by atoms with Crippen LogP contribution in [0.5, 0.6) is 0 Å². The Balaban J connectivity index is 1.65. The molecule has 2 fully saturated rings. The van der Waals surface area contributed by atoms with Crippen LogP contribution in [0.2, 0.25) is 0 Å². The van der Waals surface area contributed by atoms with Gasteiger partial charge in [-0.05, 0) is 32.2 Å². The number of hydrogen-bond donors (Lipinski definition) is 4. The minimum Gasteiger partial charge on any atom is -0.381 e. The van der Waals surface area contributed by atoms with Crippen molar-refractivity contribution < 1.29 is 14.7 Å². The van der Waals surface area contributed by atoms with E-state index >= 15 is 0 Å². The second-order valence-electron chi connectivity index (χ2n) is 4.69. The fourth-order valence-electron chi connectivity index (χ4n) is 1.85. The van der Waals surface area contributed by atoms with Crippen molar-refractivity contribution in [2.45, 2.75) is 43.9 Å². The second kappa shape index (κ2) is 5.46. The Morgan fingerprint density at radius 3 is 2.71 bits per heavy atom. The SMILES string of the molecule is O=C(NC1CC1)C(O)CNC(=O)C1CCCN1. The zero-order valence-corrected chi connectivity index (χ0v) is 9.74. The maximum Gasteiger partial charge on any atom is 0.250 e. The Kier molecular flexibility index (Phi) is 3.96. The molecular weight excluding hydrogens is 222 g/mol. The summed E-state index contributed by atoms with van der Waals surface area (Å²) in [6, 6.07) is 0.0537. The van der Waals surface area contributed by atoms with Gasteiger partial charge in [-0.1, -0.05) is 0 Å². The van der Waals surface area contributed by atoms with Crippen molar-refractivity contribution in [3.63, 3.8) is 0 Å². The molecule has 2 atom stereocenters. The van der Waals surface area contributed by atoms with Crippen molar-refractivity contribution in [1.82, 2.24) is 16.0 Å². The summed E-state index contributed by atoms with van der Waals surface area (Å²) < 4.78 is 0. The van der Waals surface area contributed by atoms with Gasteiger partial charge in [-0.15, -0.1) is 0 Å². The molecule has 1 saturated carbocycles. The van der Waals surface area contributed by atoms with E-state index in [2.05, 4.69) is 16.0 Å². The number of carbonyl (C=O) groups excluding carboxylic acids is 2. The van der Waals surface area contributed by atoms with Crippen LogP contribution in [0, 0.1) is 0 Å². The minimum absolute atomic E-state index is 0.0183. The first-order valence-corrected chi connectivity index (χ1v) is 6.16. The lowest BCUT2D eigenvalue weighted by molar-refractivity contribution is -0.130. The molecule has 96 valence electrons. The summed E-state index contributed by atoms with van der Waals surface area (Å²) in [4.78, 5) is 23.0. The van der Waals surface area contributed by atoms with Gasteiger partial charge in [-0.25, -0.2) is 0 Å². The lowest BCUT2D eigenvalue weighted by atomic mass is 10.2. The summed E-state index contributed by atoms with van der Waals surface area (Å²) in [5, 5.41) is 17.9. The molecule has 1 aliphatic carbocycles. The van der Waals surface area contributed by atoms with Crippen LogP contribution < -0.4 is 16.0 Å². The van der Waals surface area contributed by atoms with Crippen molar-refractivity contribution >= 4 is 11.8 Å². The second-order valence-corrected chi connectivity index (χ2v) is 4.69. The Bertz CT molecular complexity index is 298. The molecule has 0 aromatic heterocycles. The van der Waals surface area contributed by atoms with E-state index in [-0.39, 0.29) is 24.5 Å². The quantitative estimate of drug-likeness (QED) is 0.471. The van der Waals surface area contributed by atoms with Gasteiger partial charge in [0.05, 0.1) is 12.6 Å².